The van der Waals surface area contributed by atoms with Gasteiger partial charge in [-0.2, -0.15) is 5.26 Å². The first-order valence-corrected chi connectivity index (χ1v) is 6.25. The molecule has 96 valence electrons. The Morgan fingerprint density at radius 2 is 2.22 bits per heavy atom. The lowest BCUT2D eigenvalue weighted by Gasteiger charge is -2.11. The molecular weight excluding hydrogens is 308 g/mol. The van der Waals surface area contributed by atoms with Gasteiger partial charge >= 0.3 is 5.97 Å². The molecule has 0 unspecified atom stereocenters. The average Bonchev–Trinajstić information content (AvgIpc) is 2.37. The summed E-state index contributed by atoms with van der Waals surface area (Å²) in [6, 6.07) is 4.14. The fraction of sp³-hybridized carbons (Fsp3) is 0.333. The van der Waals surface area contributed by atoms with Crippen molar-refractivity contribution in [2.45, 2.75) is 18.7 Å². The summed E-state index contributed by atoms with van der Waals surface area (Å²) in [5.41, 5.74) is -0.115. The van der Waals surface area contributed by atoms with Crippen LogP contribution >= 0.6 is 15.9 Å². The molecule has 1 aromatic rings. The minimum atomic E-state index is -2.75. The molecule has 0 radical (unpaired) electrons. The lowest BCUT2D eigenvalue weighted by atomic mass is 9.99. The van der Waals surface area contributed by atoms with Gasteiger partial charge in [0.25, 0.3) is 6.43 Å². The predicted octanol–water partition coefficient (Wildman–Crippen LogP) is 3.57. The molecule has 6 heteroatoms. The minimum absolute atomic E-state index is 0.0339. The van der Waals surface area contributed by atoms with Gasteiger partial charge in [-0.25, -0.2) is 13.6 Å². The number of hydrogen-bond acceptors (Lipinski definition) is 3. The van der Waals surface area contributed by atoms with Crippen LogP contribution in [-0.4, -0.2) is 12.6 Å². The van der Waals surface area contributed by atoms with Gasteiger partial charge in [-0.05, 0) is 24.6 Å². The van der Waals surface area contributed by atoms with Crippen LogP contribution in [0.3, 0.4) is 0 Å². The van der Waals surface area contributed by atoms with Crippen LogP contribution in [0.5, 0.6) is 0 Å². The van der Waals surface area contributed by atoms with Crippen molar-refractivity contribution in [2.24, 2.45) is 0 Å². The second-order valence-corrected chi connectivity index (χ2v) is 3.92. The van der Waals surface area contributed by atoms with Crippen molar-refractivity contribution >= 4 is 21.9 Å². The van der Waals surface area contributed by atoms with E-state index < -0.39 is 12.4 Å². The van der Waals surface area contributed by atoms with Gasteiger partial charge in [0.1, 0.15) is 0 Å². The van der Waals surface area contributed by atoms with Crippen LogP contribution in [0, 0.1) is 11.3 Å². The lowest BCUT2D eigenvalue weighted by molar-refractivity contribution is 0.0526. The average molecular weight is 318 g/mol. The third-order valence-electron chi connectivity index (χ3n) is 2.28. The third-order valence-corrected chi connectivity index (χ3v) is 2.85. The van der Waals surface area contributed by atoms with E-state index in [2.05, 4.69) is 15.9 Å². The van der Waals surface area contributed by atoms with Crippen molar-refractivity contribution in [2.75, 3.05) is 6.61 Å². The number of nitriles is 1. The van der Waals surface area contributed by atoms with Crippen molar-refractivity contribution in [1.82, 2.24) is 0 Å². The van der Waals surface area contributed by atoms with Crippen molar-refractivity contribution in [1.29, 1.82) is 5.26 Å². The number of alkyl halides is 3. The van der Waals surface area contributed by atoms with E-state index in [0.717, 1.165) is 6.07 Å². The Morgan fingerprint density at radius 3 is 2.67 bits per heavy atom. The molecule has 1 aromatic carbocycles. The highest BCUT2D eigenvalue weighted by atomic mass is 79.9. The zero-order valence-corrected chi connectivity index (χ0v) is 11.1. The molecule has 0 saturated heterocycles. The number of carbonyl (C=O) groups excluding carboxylic acids is 1. The van der Waals surface area contributed by atoms with Gasteiger partial charge in [0.15, 0.2) is 0 Å². The van der Waals surface area contributed by atoms with Crippen LogP contribution in [0.4, 0.5) is 8.78 Å². The van der Waals surface area contributed by atoms with E-state index in [0.29, 0.717) is 0 Å². The largest absolute Gasteiger partial charge is 0.462 e. The van der Waals surface area contributed by atoms with E-state index >= 15 is 0 Å². The molecule has 0 aliphatic heterocycles. The number of halogens is 3. The van der Waals surface area contributed by atoms with Crippen molar-refractivity contribution in [3.8, 4) is 6.07 Å². The van der Waals surface area contributed by atoms with Crippen LogP contribution in [0.1, 0.15) is 40.4 Å². The first-order valence-electron chi connectivity index (χ1n) is 5.13. The third kappa shape index (κ3) is 3.05. The molecule has 0 bridgehead atoms. The molecule has 0 amide bonds. The van der Waals surface area contributed by atoms with Gasteiger partial charge in [0.05, 0.1) is 23.8 Å². The molecule has 0 heterocycles. The lowest BCUT2D eigenvalue weighted by Crippen LogP contribution is -2.08. The second kappa shape index (κ2) is 6.45. The molecule has 0 aliphatic rings. The van der Waals surface area contributed by atoms with E-state index in [4.69, 9.17) is 10.00 Å². The molecule has 18 heavy (non-hydrogen) atoms. The molecule has 0 spiro atoms. The van der Waals surface area contributed by atoms with Gasteiger partial charge < -0.3 is 4.74 Å². The predicted molar refractivity (Wildman–Crippen MR) is 64.7 cm³/mol. The van der Waals surface area contributed by atoms with Gasteiger partial charge in [-0.15, -0.1) is 0 Å². The summed E-state index contributed by atoms with van der Waals surface area (Å²) in [4.78, 5) is 11.5. The Bertz CT molecular complexity index is 498. The monoisotopic (exact) mass is 317 g/mol. The molecule has 0 N–H and O–H groups in total. The van der Waals surface area contributed by atoms with Gasteiger partial charge in [0, 0.05) is 10.9 Å². The Hall–Kier alpha value is -1.48. The maximum atomic E-state index is 12.9. The second-order valence-electron chi connectivity index (χ2n) is 3.36. The summed E-state index contributed by atoms with van der Waals surface area (Å²) in [6.07, 6.45) is -2.75. The highest BCUT2D eigenvalue weighted by Crippen LogP contribution is 2.29. The topological polar surface area (TPSA) is 50.1 Å². The summed E-state index contributed by atoms with van der Waals surface area (Å²) < 4.78 is 30.5. The molecule has 0 saturated carbocycles. The van der Waals surface area contributed by atoms with E-state index in [-0.39, 0.29) is 34.2 Å². The highest BCUT2D eigenvalue weighted by Gasteiger charge is 2.20. The summed E-state index contributed by atoms with van der Waals surface area (Å²) >= 11 is 3.06. The van der Waals surface area contributed by atoms with E-state index in [9.17, 15) is 13.6 Å². The van der Waals surface area contributed by atoms with Gasteiger partial charge in [-0.1, -0.05) is 15.9 Å². The Balaban J connectivity index is 3.37. The molecule has 0 aromatic heterocycles. The number of rotatable bonds is 4. The minimum Gasteiger partial charge on any atom is -0.462 e. The summed E-state index contributed by atoms with van der Waals surface area (Å²) in [5.74, 6) is -0.711. The smallest absolute Gasteiger partial charge is 0.338 e. The maximum Gasteiger partial charge on any atom is 0.338 e. The first-order chi connectivity index (χ1) is 8.54. The van der Waals surface area contributed by atoms with E-state index in [1.165, 1.54) is 6.07 Å². The standard InChI is InChI=1S/C12H10BrF2NO2/c1-2-18-12(17)7-3-8(6-16)10(5-13)9(4-7)11(14)15/h3-4,11H,2,5H2,1H3. The van der Waals surface area contributed by atoms with Gasteiger partial charge in [0.2, 0.25) is 0 Å². The highest BCUT2D eigenvalue weighted by molar-refractivity contribution is 9.08. The fourth-order valence-corrected chi connectivity index (χ4v) is 2.10. The Labute approximate surface area is 111 Å². The van der Waals surface area contributed by atoms with Crippen molar-refractivity contribution in [3.63, 3.8) is 0 Å². The van der Waals surface area contributed by atoms with Crippen molar-refractivity contribution < 1.29 is 18.3 Å². The number of carbonyl (C=O) groups is 1. The molecule has 0 fully saturated rings. The first kappa shape index (κ1) is 14.6. The zero-order valence-electron chi connectivity index (χ0n) is 9.54. The van der Waals surface area contributed by atoms with Crippen LogP contribution in [-0.2, 0) is 10.1 Å². The molecule has 0 aliphatic carbocycles. The number of esters is 1. The van der Waals surface area contributed by atoms with Crippen LogP contribution in [0.15, 0.2) is 12.1 Å². The summed E-state index contributed by atoms with van der Waals surface area (Å²) in [7, 11) is 0. The molecule has 1 rings (SSSR count). The Kier molecular flexibility index (Phi) is 5.23. The maximum absolute atomic E-state index is 12.9. The zero-order chi connectivity index (χ0) is 13.7. The van der Waals surface area contributed by atoms with Crippen LogP contribution in [0.25, 0.3) is 0 Å². The normalized spacial score (nSPS) is 10.2. The SMILES string of the molecule is CCOC(=O)c1cc(C#N)c(CBr)c(C(F)F)c1. The van der Waals surface area contributed by atoms with Crippen LogP contribution in [0.2, 0.25) is 0 Å². The van der Waals surface area contributed by atoms with Crippen LogP contribution < -0.4 is 0 Å². The molecular formula is C12H10BrF2NO2. The molecule has 0 atom stereocenters. The summed E-state index contributed by atoms with van der Waals surface area (Å²) in [5, 5.41) is 9.05. The van der Waals surface area contributed by atoms with E-state index in [1.54, 1.807) is 6.92 Å². The molecule has 3 nitrogen and oxygen atoms in total. The van der Waals surface area contributed by atoms with Crippen molar-refractivity contribution in [3.05, 3.63) is 34.4 Å². The van der Waals surface area contributed by atoms with E-state index in [1.807, 2.05) is 6.07 Å². The number of benzene rings is 1. The summed E-state index contributed by atoms with van der Waals surface area (Å²) in [6.45, 7) is 1.76. The quantitative estimate of drug-likeness (QED) is 0.630. The fourth-order valence-electron chi connectivity index (χ4n) is 1.47. The Morgan fingerprint density at radius 1 is 1.56 bits per heavy atom. The number of hydrogen-bond donors (Lipinski definition) is 0. The number of ether oxygens (including phenoxy) is 1. The number of nitrogens with zero attached hydrogens (tertiary/aromatic N) is 1. The van der Waals surface area contributed by atoms with Gasteiger partial charge in [-0.3, -0.25) is 0 Å².